The van der Waals surface area contributed by atoms with Gasteiger partial charge in [-0.2, -0.15) is 0 Å². The van der Waals surface area contributed by atoms with Gasteiger partial charge in [0, 0.05) is 31.3 Å². The average molecular weight is 213 g/mol. The van der Waals surface area contributed by atoms with Crippen LogP contribution in [-0.4, -0.2) is 22.4 Å². The third kappa shape index (κ3) is 2.40. The predicted octanol–water partition coefficient (Wildman–Crippen LogP) is 2.32. The van der Waals surface area contributed by atoms with E-state index in [1.165, 1.54) is 0 Å². The lowest BCUT2D eigenvalue weighted by molar-refractivity contribution is -0.0318. The van der Waals surface area contributed by atoms with Gasteiger partial charge in [-0.05, 0) is 18.9 Å². The maximum absolute atomic E-state index is 13.2. The Labute approximate surface area is 86.9 Å². The van der Waals surface area contributed by atoms with E-state index in [-0.39, 0.29) is 13.0 Å². The lowest BCUT2D eigenvalue weighted by Crippen LogP contribution is -2.28. The fourth-order valence-electron chi connectivity index (χ4n) is 1.86. The van der Waals surface area contributed by atoms with Crippen LogP contribution in [0.25, 0.3) is 0 Å². The third-order valence-corrected chi connectivity index (χ3v) is 2.73. The summed E-state index contributed by atoms with van der Waals surface area (Å²) < 4.78 is 26.5. The van der Waals surface area contributed by atoms with Crippen LogP contribution >= 0.6 is 0 Å². The summed E-state index contributed by atoms with van der Waals surface area (Å²) in [6.07, 6.45) is 4.36. The molecule has 0 radical (unpaired) electrons. The monoisotopic (exact) mass is 213 g/mol. The van der Waals surface area contributed by atoms with Gasteiger partial charge in [-0.15, -0.1) is 0 Å². The summed E-state index contributed by atoms with van der Waals surface area (Å²) in [5, 5.41) is 2.84. The molecule has 82 valence electrons. The minimum atomic E-state index is -2.53. The zero-order valence-electron chi connectivity index (χ0n) is 8.29. The Morgan fingerprint density at radius 1 is 1.40 bits per heavy atom. The molecule has 1 N–H and O–H groups in total. The number of alkyl halides is 2. The minimum Gasteiger partial charge on any atom is -0.354 e. The first kappa shape index (κ1) is 10.3. The summed E-state index contributed by atoms with van der Waals surface area (Å²) in [7, 11) is 0. The van der Waals surface area contributed by atoms with Crippen molar-refractivity contribution in [3.8, 4) is 0 Å². The van der Waals surface area contributed by atoms with Crippen LogP contribution in [0, 0.1) is 5.92 Å². The number of nitrogens with zero attached hydrogens (tertiary/aromatic N) is 2. The quantitative estimate of drug-likeness (QED) is 0.837. The van der Waals surface area contributed by atoms with E-state index in [0.717, 1.165) is 0 Å². The first-order valence-electron chi connectivity index (χ1n) is 5.07. The Hall–Kier alpha value is -1.26. The van der Waals surface area contributed by atoms with Gasteiger partial charge in [0.05, 0.1) is 0 Å². The molecule has 0 saturated heterocycles. The predicted molar refractivity (Wildman–Crippen MR) is 52.8 cm³/mol. The Balaban J connectivity index is 1.89. The van der Waals surface area contributed by atoms with E-state index >= 15 is 0 Å². The molecule has 1 heterocycles. The highest BCUT2D eigenvalue weighted by Crippen LogP contribution is 2.40. The van der Waals surface area contributed by atoms with Gasteiger partial charge >= 0.3 is 0 Å². The molecule has 0 aromatic carbocycles. The molecule has 3 nitrogen and oxygen atoms in total. The van der Waals surface area contributed by atoms with Crippen LogP contribution in [0.4, 0.5) is 14.7 Å². The van der Waals surface area contributed by atoms with Crippen molar-refractivity contribution in [1.29, 1.82) is 0 Å². The van der Waals surface area contributed by atoms with Gasteiger partial charge in [-0.1, -0.05) is 0 Å². The van der Waals surface area contributed by atoms with Gasteiger partial charge in [0.1, 0.15) is 0 Å². The van der Waals surface area contributed by atoms with Gasteiger partial charge in [-0.25, -0.2) is 18.7 Å². The van der Waals surface area contributed by atoms with E-state index in [1.54, 1.807) is 18.5 Å². The topological polar surface area (TPSA) is 37.8 Å². The fraction of sp³-hybridized carbons (Fsp3) is 0.600. The Kier molecular flexibility index (Phi) is 2.79. The zero-order chi connectivity index (χ0) is 10.7. The number of aromatic nitrogens is 2. The van der Waals surface area contributed by atoms with E-state index in [1.807, 2.05) is 0 Å². The number of hydrogen-bond donors (Lipinski definition) is 1. The fourth-order valence-corrected chi connectivity index (χ4v) is 1.86. The summed E-state index contributed by atoms with van der Waals surface area (Å²) in [6.45, 7) is 0.247. The van der Waals surface area contributed by atoms with Crippen molar-refractivity contribution in [3.63, 3.8) is 0 Å². The van der Waals surface area contributed by atoms with Crippen LogP contribution in [0.15, 0.2) is 18.5 Å². The summed E-state index contributed by atoms with van der Waals surface area (Å²) in [5.41, 5.74) is 0. The van der Waals surface area contributed by atoms with E-state index in [0.29, 0.717) is 18.8 Å². The van der Waals surface area contributed by atoms with Gasteiger partial charge in [-0.3, -0.25) is 0 Å². The highest BCUT2D eigenvalue weighted by molar-refractivity contribution is 5.22. The molecule has 1 aliphatic rings. The van der Waals surface area contributed by atoms with E-state index in [9.17, 15) is 8.78 Å². The minimum absolute atomic E-state index is 0.00892. The van der Waals surface area contributed by atoms with Crippen molar-refractivity contribution in [1.82, 2.24) is 9.97 Å². The molecule has 1 atom stereocenters. The number of nitrogens with one attached hydrogen (secondary N) is 1. The van der Waals surface area contributed by atoms with Crippen LogP contribution in [0.3, 0.4) is 0 Å². The maximum Gasteiger partial charge on any atom is 0.252 e. The molecule has 15 heavy (non-hydrogen) atoms. The van der Waals surface area contributed by atoms with Crippen molar-refractivity contribution in [2.75, 3.05) is 11.9 Å². The van der Waals surface area contributed by atoms with Crippen molar-refractivity contribution in [2.45, 2.75) is 25.2 Å². The van der Waals surface area contributed by atoms with E-state index < -0.39 is 11.8 Å². The smallest absolute Gasteiger partial charge is 0.252 e. The zero-order valence-corrected chi connectivity index (χ0v) is 8.29. The van der Waals surface area contributed by atoms with E-state index in [4.69, 9.17) is 0 Å². The second-order valence-electron chi connectivity index (χ2n) is 3.80. The molecule has 0 bridgehead atoms. The second-order valence-corrected chi connectivity index (χ2v) is 3.80. The number of halogens is 2. The summed E-state index contributed by atoms with van der Waals surface area (Å²) in [4.78, 5) is 7.84. The molecular weight excluding hydrogens is 200 g/mol. The molecule has 1 aromatic rings. The molecule has 1 fully saturated rings. The summed E-state index contributed by atoms with van der Waals surface area (Å²) >= 11 is 0. The Morgan fingerprint density at radius 3 is 2.73 bits per heavy atom. The van der Waals surface area contributed by atoms with Gasteiger partial charge in [0.15, 0.2) is 0 Å². The second kappa shape index (κ2) is 4.08. The van der Waals surface area contributed by atoms with Crippen LogP contribution < -0.4 is 5.32 Å². The molecule has 0 spiro atoms. The maximum atomic E-state index is 13.2. The highest BCUT2D eigenvalue weighted by atomic mass is 19.3. The molecule has 1 aromatic heterocycles. The third-order valence-electron chi connectivity index (χ3n) is 2.73. The largest absolute Gasteiger partial charge is 0.354 e. The van der Waals surface area contributed by atoms with Crippen LogP contribution in [-0.2, 0) is 0 Å². The molecule has 5 heteroatoms. The molecule has 0 amide bonds. The van der Waals surface area contributed by atoms with Gasteiger partial charge < -0.3 is 5.32 Å². The van der Waals surface area contributed by atoms with Crippen molar-refractivity contribution in [3.05, 3.63) is 18.5 Å². The molecular formula is C10H13F2N3. The molecule has 0 aliphatic heterocycles. The Bertz CT molecular complexity index is 316. The summed E-state index contributed by atoms with van der Waals surface area (Å²) in [6, 6.07) is 1.69. The van der Waals surface area contributed by atoms with Gasteiger partial charge in [0.2, 0.25) is 5.95 Å². The molecule has 1 saturated carbocycles. The van der Waals surface area contributed by atoms with E-state index in [2.05, 4.69) is 15.3 Å². The number of anilines is 1. The standard InChI is InChI=1S/C10H13F2N3/c11-10(12)4-1-3-8(10)7-15-9-13-5-2-6-14-9/h2,5-6,8H,1,3-4,7H2,(H,13,14,15). The van der Waals surface area contributed by atoms with Gasteiger partial charge in [0.25, 0.3) is 5.92 Å². The molecule has 1 aliphatic carbocycles. The van der Waals surface area contributed by atoms with Crippen molar-refractivity contribution < 1.29 is 8.78 Å². The molecule has 1 unspecified atom stereocenters. The van der Waals surface area contributed by atoms with Crippen LogP contribution in [0.2, 0.25) is 0 Å². The van der Waals surface area contributed by atoms with Crippen molar-refractivity contribution >= 4 is 5.95 Å². The number of hydrogen-bond acceptors (Lipinski definition) is 3. The highest BCUT2D eigenvalue weighted by Gasteiger charge is 2.43. The SMILES string of the molecule is FC1(F)CCCC1CNc1ncccn1. The van der Waals surface area contributed by atoms with Crippen molar-refractivity contribution in [2.24, 2.45) is 5.92 Å². The molecule has 2 rings (SSSR count). The lowest BCUT2D eigenvalue weighted by atomic mass is 10.1. The van der Waals surface area contributed by atoms with Crippen LogP contribution in [0.5, 0.6) is 0 Å². The summed E-state index contributed by atoms with van der Waals surface area (Å²) in [5.74, 6) is -2.69. The first-order valence-corrected chi connectivity index (χ1v) is 5.07. The normalized spacial score (nSPS) is 24.0. The number of rotatable bonds is 3. The Morgan fingerprint density at radius 2 is 2.13 bits per heavy atom. The first-order chi connectivity index (χ1) is 7.18. The lowest BCUT2D eigenvalue weighted by Gasteiger charge is -2.18. The average Bonchev–Trinajstić information content (AvgIpc) is 2.56. The van der Waals surface area contributed by atoms with Crippen LogP contribution in [0.1, 0.15) is 19.3 Å².